The van der Waals surface area contributed by atoms with E-state index < -0.39 is 0 Å². The molecular weight excluding hydrogens is 308 g/mol. The van der Waals surface area contributed by atoms with Gasteiger partial charge in [-0.3, -0.25) is 4.79 Å². The molecule has 0 aliphatic heterocycles. The van der Waals surface area contributed by atoms with Crippen LogP contribution in [0.15, 0.2) is 30.7 Å². The summed E-state index contributed by atoms with van der Waals surface area (Å²) in [4.78, 5) is 21.2. The summed E-state index contributed by atoms with van der Waals surface area (Å²) < 4.78 is 12.3. The van der Waals surface area contributed by atoms with Crippen LogP contribution in [0, 0.1) is 0 Å². The second-order valence-electron chi connectivity index (χ2n) is 5.74. The number of rotatable bonds is 3. The van der Waals surface area contributed by atoms with Crippen LogP contribution >= 0.6 is 0 Å². The van der Waals surface area contributed by atoms with Crippen LogP contribution in [0.5, 0.6) is 11.5 Å². The minimum absolute atomic E-state index is 0.0173. The van der Waals surface area contributed by atoms with Crippen molar-refractivity contribution in [1.29, 1.82) is 0 Å². The summed E-state index contributed by atoms with van der Waals surface area (Å²) in [5, 5.41) is 4.04. The van der Waals surface area contributed by atoms with Crippen LogP contribution in [0.3, 0.4) is 0 Å². The molecule has 3 aromatic rings. The lowest BCUT2D eigenvalue weighted by Crippen LogP contribution is -2.21. The van der Waals surface area contributed by atoms with Crippen LogP contribution in [0.25, 0.3) is 5.78 Å². The van der Waals surface area contributed by atoms with Crippen LogP contribution in [0.4, 0.5) is 0 Å². The zero-order valence-electron chi connectivity index (χ0n) is 13.4. The minimum atomic E-state index is 0.0173. The molecule has 0 saturated heterocycles. The first kappa shape index (κ1) is 14.6. The Kier molecular flexibility index (Phi) is 3.41. The van der Waals surface area contributed by atoms with Crippen molar-refractivity contribution >= 4 is 11.6 Å². The monoisotopic (exact) mass is 324 g/mol. The molecule has 0 radical (unpaired) electrons. The van der Waals surface area contributed by atoms with Gasteiger partial charge >= 0.3 is 0 Å². The van der Waals surface area contributed by atoms with Gasteiger partial charge in [-0.25, -0.2) is 9.50 Å². The molecular formula is C17H16N4O3. The molecule has 4 rings (SSSR count). The predicted molar refractivity (Wildman–Crippen MR) is 85.7 cm³/mol. The molecule has 24 heavy (non-hydrogen) atoms. The highest BCUT2D eigenvalue weighted by Gasteiger charge is 2.30. The number of Topliss-reactive ketones (excluding diaryl/α,β-unsaturated/α-hetero) is 1. The largest absolute Gasteiger partial charge is 0.497 e. The fraction of sp³-hybridized carbons (Fsp3) is 0.294. The van der Waals surface area contributed by atoms with Gasteiger partial charge in [0.2, 0.25) is 0 Å². The minimum Gasteiger partial charge on any atom is -0.497 e. The molecule has 0 unspecified atom stereocenters. The Morgan fingerprint density at radius 2 is 2.08 bits per heavy atom. The van der Waals surface area contributed by atoms with Crippen LogP contribution < -0.4 is 9.47 Å². The molecule has 2 heterocycles. The van der Waals surface area contributed by atoms with Gasteiger partial charge in [0.25, 0.3) is 5.78 Å². The number of aromatic nitrogens is 4. The third-order valence-electron chi connectivity index (χ3n) is 4.40. The first-order chi connectivity index (χ1) is 11.7. The maximum atomic E-state index is 12.6. The Labute approximate surface area is 138 Å². The highest BCUT2D eigenvalue weighted by molar-refractivity contribution is 5.98. The molecule has 122 valence electrons. The Morgan fingerprint density at radius 3 is 2.88 bits per heavy atom. The molecule has 0 N–H and O–H groups in total. The molecule has 1 aromatic carbocycles. The molecule has 7 heteroatoms. The molecule has 0 spiro atoms. The van der Waals surface area contributed by atoms with Crippen molar-refractivity contribution in [2.45, 2.75) is 18.8 Å². The summed E-state index contributed by atoms with van der Waals surface area (Å²) in [6.07, 6.45) is 4.22. The van der Waals surface area contributed by atoms with E-state index in [9.17, 15) is 4.79 Å². The van der Waals surface area contributed by atoms with Crippen LogP contribution in [0.2, 0.25) is 0 Å². The molecule has 7 nitrogen and oxygen atoms in total. The second kappa shape index (κ2) is 5.59. The van der Waals surface area contributed by atoms with E-state index in [1.807, 2.05) is 18.2 Å². The normalized spacial score (nSPS) is 16.9. The van der Waals surface area contributed by atoms with Gasteiger partial charge in [-0.2, -0.15) is 10.1 Å². The highest BCUT2D eigenvalue weighted by Crippen LogP contribution is 2.38. The number of nitrogens with zero attached hydrogens (tertiary/aromatic N) is 4. The summed E-state index contributed by atoms with van der Waals surface area (Å²) in [6.45, 7) is 0. The first-order valence-electron chi connectivity index (χ1n) is 7.64. The Hall–Kier alpha value is -2.96. The number of hydrogen-bond acceptors (Lipinski definition) is 6. The van der Waals surface area contributed by atoms with E-state index in [1.54, 1.807) is 20.4 Å². The lowest BCUT2D eigenvalue weighted by Gasteiger charge is -2.24. The number of hydrogen-bond donors (Lipinski definition) is 0. The molecule has 2 aromatic heterocycles. The number of ketones is 1. The first-order valence-corrected chi connectivity index (χ1v) is 7.64. The Morgan fingerprint density at radius 1 is 1.21 bits per heavy atom. The average molecular weight is 324 g/mol. The predicted octanol–water partition coefficient (Wildman–Crippen LogP) is 2.05. The average Bonchev–Trinajstić information content (AvgIpc) is 3.06. The lowest BCUT2D eigenvalue weighted by atomic mass is 9.82. The summed E-state index contributed by atoms with van der Waals surface area (Å²) >= 11 is 0. The molecule has 0 fully saturated rings. The topological polar surface area (TPSA) is 78.6 Å². The quantitative estimate of drug-likeness (QED) is 0.734. The van der Waals surface area contributed by atoms with Crippen molar-refractivity contribution in [1.82, 2.24) is 19.6 Å². The van der Waals surface area contributed by atoms with Gasteiger partial charge in [0.15, 0.2) is 5.78 Å². The van der Waals surface area contributed by atoms with E-state index in [1.165, 1.54) is 10.8 Å². The van der Waals surface area contributed by atoms with Gasteiger partial charge in [-0.15, -0.1) is 0 Å². The summed E-state index contributed by atoms with van der Waals surface area (Å²) in [6, 6.07) is 5.67. The molecule has 1 aliphatic rings. The van der Waals surface area contributed by atoms with Crippen molar-refractivity contribution in [3.05, 3.63) is 47.5 Å². The Balaban J connectivity index is 1.75. The molecule has 0 bridgehead atoms. The van der Waals surface area contributed by atoms with E-state index in [4.69, 9.17) is 9.47 Å². The standard InChI is InChI=1S/C17H16N4O3/c1-23-11-3-4-12(16(7-11)24-2)10-5-14-13(15(22)6-10)8-21-17(20-14)18-9-19-21/h3-4,7-10H,5-6H2,1-2H3/t10-/m0/s1. The highest BCUT2D eigenvalue weighted by atomic mass is 16.5. The van der Waals surface area contributed by atoms with Gasteiger partial charge in [0.05, 0.1) is 25.5 Å². The van der Waals surface area contributed by atoms with Crippen molar-refractivity contribution in [2.24, 2.45) is 0 Å². The van der Waals surface area contributed by atoms with E-state index in [2.05, 4.69) is 15.1 Å². The van der Waals surface area contributed by atoms with Crippen molar-refractivity contribution in [3.63, 3.8) is 0 Å². The van der Waals surface area contributed by atoms with Crippen LogP contribution in [0.1, 0.15) is 34.0 Å². The fourth-order valence-electron chi connectivity index (χ4n) is 3.20. The summed E-state index contributed by atoms with van der Waals surface area (Å²) in [5.74, 6) is 2.03. The third-order valence-corrected chi connectivity index (χ3v) is 4.40. The fourth-order valence-corrected chi connectivity index (χ4v) is 3.20. The third kappa shape index (κ3) is 2.29. The van der Waals surface area contributed by atoms with Gasteiger partial charge < -0.3 is 9.47 Å². The smallest absolute Gasteiger partial charge is 0.252 e. The summed E-state index contributed by atoms with van der Waals surface area (Å²) in [5.41, 5.74) is 2.37. The maximum Gasteiger partial charge on any atom is 0.252 e. The molecule has 1 atom stereocenters. The Bertz CT molecular complexity index is 935. The maximum absolute atomic E-state index is 12.6. The number of carbonyl (C=O) groups excluding carboxylic acids is 1. The number of benzene rings is 1. The van der Waals surface area contributed by atoms with Gasteiger partial charge in [-0.1, -0.05) is 6.07 Å². The zero-order chi connectivity index (χ0) is 16.7. The van der Waals surface area contributed by atoms with E-state index in [0.29, 0.717) is 24.2 Å². The number of methoxy groups -OCH3 is 2. The van der Waals surface area contributed by atoms with E-state index >= 15 is 0 Å². The molecule has 0 amide bonds. The van der Waals surface area contributed by atoms with Crippen molar-refractivity contribution in [3.8, 4) is 11.5 Å². The second-order valence-corrected chi connectivity index (χ2v) is 5.74. The zero-order valence-corrected chi connectivity index (χ0v) is 13.4. The summed E-state index contributed by atoms with van der Waals surface area (Å²) in [7, 11) is 3.23. The molecule has 0 saturated carbocycles. The SMILES string of the molecule is COc1ccc([C@@H]2CC(=O)c3cn4ncnc4nc3C2)c(OC)c1. The lowest BCUT2D eigenvalue weighted by molar-refractivity contribution is 0.0962. The van der Waals surface area contributed by atoms with Gasteiger partial charge in [-0.05, 0) is 18.1 Å². The van der Waals surface area contributed by atoms with Gasteiger partial charge in [0.1, 0.15) is 17.8 Å². The van der Waals surface area contributed by atoms with Crippen LogP contribution in [-0.4, -0.2) is 39.6 Å². The van der Waals surface area contributed by atoms with E-state index in [-0.39, 0.29) is 11.7 Å². The van der Waals surface area contributed by atoms with Crippen LogP contribution in [-0.2, 0) is 6.42 Å². The molecule has 1 aliphatic carbocycles. The van der Waals surface area contributed by atoms with E-state index in [0.717, 1.165) is 22.8 Å². The number of fused-ring (bicyclic) bond motifs is 2. The van der Waals surface area contributed by atoms with Gasteiger partial charge in [0, 0.05) is 24.6 Å². The number of ether oxygens (including phenoxy) is 2. The van der Waals surface area contributed by atoms with Crippen molar-refractivity contribution in [2.75, 3.05) is 14.2 Å². The number of carbonyl (C=O) groups is 1. The van der Waals surface area contributed by atoms with Crippen molar-refractivity contribution < 1.29 is 14.3 Å².